The lowest BCUT2D eigenvalue weighted by Gasteiger charge is -2.12. The van der Waals surface area contributed by atoms with Gasteiger partial charge >= 0.3 is 0 Å². The highest BCUT2D eigenvalue weighted by Crippen LogP contribution is 2.37. The Morgan fingerprint density at radius 3 is 3.00 bits per heavy atom. The van der Waals surface area contributed by atoms with Gasteiger partial charge in [0.2, 0.25) is 0 Å². The van der Waals surface area contributed by atoms with Gasteiger partial charge in [-0.3, -0.25) is 0 Å². The van der Waals surface area contributed by atoms with Gasteiger partial charge in [-0.05, 0) is 36.6 Å². The Morgan fingerprint density at radius 1 is 1.47 bits per heavy atom. The average Bonchev–Trinajstić information content (AvgIpc) is 2.53. The summed E-state index contributed by atoms with van der Waals surface area (Å²) >= 11 is 0. The monoisotopic (exact) mass is 204 g/mol. The van der Waals surface area contributed by atoms with Gasteiger partial charge in [0.15, 0.2) is 0 Å². The van der Waals surface area contributed by atoms with E-state index in [1.54, 1.807) is 5.56 Å². The highest BCUT2D eigenvalue weighted by atomic mass is 15.1. The Labute approximate surface area is 92.1 Å². The van der Waals surface area contributed by atoms with E-state index in [0.717, 1.165) is 25.9 Å². The minimum Gasteiger partial charge on any atom is -0.374 e. The van der Waals surface area contributed by atoms with Crippen LogP contribution in [0.3, 0.4) is 0 Å². The fraction of sp³-hybridized carbons (Fsp3) is 0.538. The molecule has 82 valence electrons. The number of anilines is 1. The molecule has 1 aromatic carbocycles. The molecule has 1 heterocycles. The van der Waals surface area contributed by atoms with Crippen molar-refractivity contribution >= 4 is 5.69 Å². The van der Waals surface area contributed by atoms with Gasteiger partial charge in [0.25, 0.3) is 0 Å². The van der Waals surface area contributed by atoms with Gasteiger partial charge in [0.05, 0.1) is 0 Å². The lowest BCUT2D eigenvalue weighted by atomic mass is 9.94. The van der Waals surface area contributed by atoms with Crippen molar-refractivity contribution in [3.05, 3.63) is 29.3 Å². The number of fused-ring (bicyclic) bond motifs is 1. The van der Waals surface area contributed by atoms with E-state index in [0.29, 0.717) is 5.92 Å². The molecule has 1 aliphatic heterocycles. The molecule has 2 rings (SSSR count). The second kappa shape index (κ2) is 4.23. The van der Waals surface area contributed by atoms with Crippen LogP contribution in [0.25, 0.3) is 0 Å². The number of aryl methyl sites for hydroxylation is 1. The molecule has 0 saturated heterocycles. The van der Waals surface area contributed by atoms with Gasteiger partial charge in [0, 0.05) is 25.2 Å². The number of hydrogen-bond acceptors (Lipinski definition) is 2. The van der Waals surface area contributed by atoms with Crippen molar-refractivity contribution in [3.63, 3.8) is 0 Å². The Morgan fingerprint density at radius 2 is 2.27 bits per heavy atom. The predicted molar refractivity (Wildman–Crippen MR) is 65.5 cm³/mol. The second-order valence-corrected chi connectivity index (χ2v) is 4.52. The molecule has 0 saturated carbocycles. The molecule has 0 spiro atoms. The van der Waals surface area contributed by atoms with Crippen LogP contribution in [0.2, 0.25) is 0 Å². The van der Waals surface area contributed by atoms with E-state index in [1.165, 1.54) is 11.3 Å². The van der Waals surface area contributed by atoms with Crippen molar-refractivity contribution < 1.29 is 0 Å². The Hall–Kier alpha value is -1.02. The lowest BCUT2D eigenvalue weighted by Crippen LogP contribution is -2.13. The topological polar surface area (TPSA) is 29.3 Å². The first-order valence-corrected chi connectivity index (χ1v) is 5.77. The van der Waals surface area contributed by atoms with Crippen LogP contribution in [0.15, 0.2) is 18.2 Å². The van der Waals surface area contributed by atoms with E-state index in [-0.39, 0.29) is 0 Å². The number of nitrogens with zero attached hydrogens (tertiary/aromatic N) is 1. The quantitative estimate of drug-likeness (QED) is 0.817. The maximum atomic E-state index is 5.57. The summed E-state index contributed by atoms with van der Waals surface area (Å²) in [5.41, 5.74) is 10.0. The van der Waals surface area contributed by atoms with E-state index < -0.39 is 0 Å². The Bertz CT molecular complexity index is 346. The van der Waals surface area contributed by atoms with Gasteiger partial charge in [-0.2, -0.15) is 0 Å². The first kappa shape index (κ1) is 10.5. The number of rotatable bonds is 3. The summed E-state index contributed by atoms with van der Waals surface area (Å²) in [7, 11) is 2.18. The summed E-state index contributed by atoms with van der Waals surface area (Å²) in [6.45, 7) is 4.25. The predicted octanol–water partition coefficient (Wildman–Crippen LogP) is 2.13. The standard InChI is InChI=1S/C13H20N2/c1-10-9-15(2)12-7-3-5-11(13(10)12)6-4-8-14/h3,5,7,10H,4,6,8-9,14H2,1-2H3. The number of hydrogen-bond donors (Lipinski definition) is 1. The highest BCUT2D eigenvalue weighted by molar-refractivity contribution is 5.62. The van der Waals surface area contributed by atoms with Crippen molar-refractivity contribution in [2.24, 2.45) is 5.73 Å². The second-order valence-electron chi connectivity index (χ2n) is 4.52. The summed E-state index contributed by atoms with van der Waals surface area (Å²) in [6, 6.07) is 6.65. The molecular weight excluding hydrogens is 184 g/mol. The maximum Gasteiger partial charge on any atom is 0.0402 e. The maximum absolute atomic E-state index is 5.57. The molecule has 0 aliphatic carbocycles. The summed E-state index contributed by atoms with van der Waals surface area (Å²) < 4.78 is 0. The smallest absolute Gasteiger partial charge is 0.0402 e. The molecule has 1 aromatic rings. The Kier molecular flexibility index (Phi) is 2.96. The van der Waals surface area contributed by atoms with Crippen LogP contribution in [0.1, 0.15) is 30.4 Å². The third-order valence-electron chi connectivity index (χ3n) is 3.28. The van der Waals surface area contributed by atoms with Crippen molar-refractivity contribution in [2.45, 2.75) is 25.7 Å². The van der Waals surface area contributed by atoms with Gasteiger partial charge in [0.1, 0.15) is 0 Å². The third-order valence-corrected chi connectivity index (χ3v) is 3.28. The van der Waals surface area contributed by atoms with Crippen molar-refractivity contribution in [1.82, 2.24) is 0 Å². The molecule has 0 aromatic heterocycles. The normalized spacial score (nSPS) is 19.4. The zero-order valence-corrected chi connectivity index (χ0v) is 9.66. The SMILES string of the molecule is CC1CN(C)c2cccc(CCCN)c21. The molecule has 15 heavy (non-hydrogen) atoms. The molecule has 0 radical (unpaired) electrons. The third kappa shape index (κ3) is 1.86. The zero-order valence-electron chi connectivity index (χ0n) is 9.66. The average molecular weight is 204 g/mol. The summed E-state index contributed by atoms with van der Waals surface area (Å²) in [6.07, 6.45) is 2.21. The van der Waals surface area contributed by atoms with Crippen molar-refractivity contribution in [3.8, 4) is 0 Å². The van der Waals surface area contributed by atoms with E-state index in [2.05, 4.69) is 37.1 Å². The minimum atomic E-state index is 0.666. The number of nitrogens with two attached hydrogens (primary N) is 1. The van der Waals surface area contributed by atoms with Crippen LogP contribution >= 0.6 is 0 Å². The van der Waals surface area contributed by atoms with E-state index in [1.807, 2.05) is 0 Å². The van der Waals surface area contributed by atoms with Crippen LogP contribution in [0, 0.1) is 0 Å². The van der Waals surface area contributed by atoms with Crippen LogP contribution in [0.5, 0.6) is 0 Å². The molecule has 0 fully saturated rings. The molecule has 1 atom stereocenters. The fourth-order valence-corrected chi connectivity index (χ4v) is 2.61. The Balaban J connectivity index is 2.33. The van der Waals surface area contributed by atoms with E-state index in [9.17, 15) is 0 Å². The number of benzene rings is 1. The first-order valence-electron chi connectivity index (χ1n) is 5.77. The van der Waals surface area contributed by atoms with Crippen LogP contribution in [-0.4, -0.2) is 20.1 Å². The van der Waals surface area contributed by atoms with Gasteiger partial charge in [-0.15, -0.1) is 0 Å². The fourth-order valence-electron chi connectivity index (χ4n) is 2.61. The number of likely N-dealkylation sites (N-methyl/N-ethyl adjacent to an activating group) is 1. The molecular formula is C13H20N2. The molecule has 2 heteroatoms. The van der Waals surface area contributed by atoms with E-state index in [4.69, 9.17) is 5.73 Å². The van der Waals surface area contributed by atoms with Crippen LogP contribution in [-0.2, 0) is 6.42 Å². The summed E-state index contributed by atoms with van der Waals surface area (Å²) in [5.74, 6) is 0.666. The van der Waals surface area contributed by atoms with Crippen molar-refractivity contribution in [1.29, 1.82) is 0 Å². The molecule has 2 nitrogen and oxygen atoms in total. The zero-order chi connectivity index (χ0) is 10.8. The molecule has 2 N–H and O–H groups in total. The molecule has 0 amide bonds. The molecule has 1 aliphatic rings. The van der Waals surface area contributed by atoms with Gasteiger partial charge < -0.3 is 10.6 Å². The van der Waals surface area contributed by atoms with Crippen LogP contribution in [0.4, 0.5) is 5.69 Å². The van der Waals surface area contributed by atoms with Crippen LogP contribution < -0.4 is 10.6 Å². The summed E-state index contributed by atoms with van der Waals surface area (Å²) in [4.78, 5) is 2.35. The van der Waals surface area contributed by atoms with Gasteiger partial charge in [-0.1, -0.05) is 19.1 Å². The van der Waals surface area contributed by atoms with E-state index >= 15 is 0 Å². The lowest BCUT2D eigenvalue weighted by molar-refractivity contribution is 0.771. The first-order chi connectivity index (χ1) is 7.24. The van der Waals surface area contributed by atoms with Gasteiger partial charge in [-0.25, -0.2) is 0 Å². The highest BCUT2D eigenvalue weighted by Gasteiger charge is 2.24. The molecule has 1 unspecified atom stereocenters. The summed E-state index contributed by atoms with van der Waals surface area (Å²) in [5, 5.41) is 0. The van der Waals surface area contributed by atoms with Crippen molar-refractivity contribution in [2.75, 3.05) is 25.0 Å². The largest absolute Gasteiger partial charge is 0.374 e. The minimum absolute atomic E-state index is 0.666. The molecule has 0 bridgehead atoms.